The second kappa shape index (κ2) is 5.82. The Balaban J connectivity index is 1.57. The van der Waals surface area contributed by atoms with Crippen molar-refractivity contribution in [1.29, 1.82) is 0 Å². The number of hydrogen-bond acceptors (Lipinski definition) is 4. The first-order valence-corrected chi connectivity index (χ1v) is 8.58. The van der Waals surface area contributed by atoms with E-state index in [1.165, 1.54) is 11.3 Å². The van der Waals surface area contributed by atoms with E-state index in [2.05, 4.69) is 4.98 Å². The fourth-order valence-corrected chi connectivity index (χ4v) is 4.28. The summed E-state index contributed by atoms with van der Waals surface area (Å²) in [4.78, 5) is 20.0. The lowest BCUT2D eigenvalue weighted by atomic mass is 10.1. The highest BCUT2D eigenvalue weighted by molar-refractivity contribution is 7.16. The number of nitrogens with zero attached hydrogens (tertiary/aromatic N) is 2. The van der Waals surface area contributed by atoms with E-state index in [0.29, 0.717) is 13.2 Å². The van der Waals surface area contributed by atoms with Crippen LogP contribution in [-0.4, -0.2) is 41.1 Å². The van der Waals surface area contributed by atoms with E-state index >= 15 is 0 Å². The average Bonchev–Trinajstić information content (AvgIpc) is 3.24. The van der Waals surface area contributed by atoms with Crippen LogP contribution in [0.15, 0.2) is 36.5 Å². The molecule has 2 unspecified atom stereocenters. The highest BCUT2D eigenvalue weighted by Gasteiger charge is 2.39. The normalized spacial score (nSPS) is 24.3. The number of morpholine rings is 1. The van der Waals surface area contributed by atoms with Crippen molar-refractivity contribution in [3.63, 3.8) is 0 Å². The molecule has 1 aromatic heterocycles. The van der Waals surface area contributed by atoms with Crippen molar-refractivity contribution in [2.24, 2.45) is 0 Å². The van der Waals surface area contributed by atoms with Crippen molar-refractivity contribution in [3.05, 3.63) is 41.4 Å². The van der Waals surface area contributed by atoms with Gasteiger partial charge in [-0.25, -0.2) is 4.98 Å². The Morgan fingerprint density at radius 2 is 2.14 bits per heavy atom. The Hall–Kier alpha value is -1.72. The van der Waals surface area contributed by atoms with E-state index in [-0.39, 0.29) is 18.1 Å². The maximum absolute atomic E-state index is 12.8. The lowest BCUT2D eigenvalue weighted by molar-refractivity contribution is -0.0443. The Bertz CT molecular complexity index is 670. The minimum absolute atomic E-state index is 0.111. The molecule has 1 aliphatic heterocycles. The maximum atomic E-state index is 12.8. The summed E-state index contributed by atoms with van der Waals surface area (Å²) in [6.07, 6.45) is 5.23. The monoisotopic (exact) mass is 314 g/mol. The summed E-state index contributed by atoms with van der Waals surface area (Å²) in [6.45, 7) is 1.34. The number of benzene rings is 1. The minimum atomic E-state index is 0.111. The molecule has 4 nitrogen and oxygen atoms in total. The smallest absolute Gasteiger partial charge is 0.266 e. The maximum Gasteiger partial charge on any atom is 0.266 e. The van der Waals surface area contributed by atoms with Crippen molar-refractivity contribution >= 4 is 17.2 Å². The predicted octanol–water partition coefficient (Wildman–Crippen LogP) is 3.20. The van der Waals surface area contributed by atoms with Crippen LogP contribution in [0.4, 0.5) is 0 Å². The number of carbonyl (C=O) groups excluding carboxylic acids is 1. The van der Waals surface area contributed by atoms with Gasteiger partial charge in [0.15, 0.2) is 0 Å². The van der Waals surface area contributed by atoms with Gasteiger partial charge >= 0.3 is 0 Å². The lowest BCUT2D eigenvalue weighted by Crippen LogP contribution is -2.51. The number of ether oxygens (including phenoxy) is 1. The molecular formula is C17H18N2O2S. The fraction of sp³-hybridized carbons (Fsp3) is 0.412. The Morgan fingerprint density at radius 3 is 3.00 bits per heavy atom. The van der Waals surface area contributed by atoms with Gasteiger partial charge in [0.25, 0.3) is 5.91 Å². The molecule has 22 heavy (non-hydrogen) atoms. The van der Waals surface area contributed by atoms with Crippen LogP contribution in [-0.2, 0) is 4.74 Å². The zero-order valence-corrected chi connectivity index (χ0v) is 13.1. The summed E-state index contributed by atoms with van der Waals surface area (Å²) in [6, 6.07) is 10.3. The number of fused-ring (bicyclic) bond motifs is 1. The van der Waals surface area contributed by atoms with Crippen LogP contribution in [0.5, 0.6) is 0 Å². The van der Waals surface area contributed by atoms with Crippen molar-refractivity contribution < 1.29 is 9.53 Å². The Labute approximate surface area is 133 Å². The van der Waals surface area contributed by atoms with Gasteiger partial charge in [0.2, 0.25) is 0 Å². The largest absolute Gasteiger partial charge is 0.374 e. The van der Waals surface area contributed by atoms with Crippen molar-refractivity contribution in [2.45, 2.75) is 31.4 Å². The van der Waals surface area contributed by atoms with Crippen LogP contribution in [0.3, 0.4) is 0 Å². The standard InChI is InChI=1S/C17H18N2O2S/c20-17(19-9-10-21-14-8-4-7-13(14)19)15-11-18-16(22-15)12-5-2-1-3-6-12/h1-3,5-6,11,13-14H,4,7-10H2. The van der Waals surface area contributed by atoms with E-state index in [1.54, 1.807) is 6.20 Å². The average molecular weight is 314 g/mol. The van der Waals surface area contributed by atoms with Gasteiger partial charge in [-0.05, 0) is 19.3 Å². The molecule has 2 atom stereocenters. The number of amides is 1. The van der Waals surface area contributed by atoms with E-state index in [4.69, 9.17) is 4.74 Å². The molecular weight excluding hydrogens is 296 g/mol. The van der Waals surface area contributed by atoms with Crippen LogP contribution in [0.2, 0.25) is 0 Å². The summed E-state index contributed by atoms with van der Waals surface area (Å²) < 4.78 is 5.79. The molecule has 2 aliphatic rings. The second-order valence-corrected chi connectivity index (χ2v) is 6.83. The molecule has 114 valence electrons. The quantitative estimate of drug-likeness (QED) is 0.855. The van der Waals surface area contributed by atoms with E-state index < -0.39 is 0 Å². The number of hydrogen-bond donors (Lipinski definition) is 0. The fourth-order valence-electron chi connectivity index (χ4n) is 3.41. The van der Waals surface area contributed by atoms with Gasteiger partial charge in [-0.2, -0.15) is 0 Å². The number of thiazole rings is 1. The van der Waals surface area contributed by atoms with Gasteiger partial charge in [0, 0.05) is 12.1 Å². The molecule has 1 saturated heterocycles. The molecule has 5 heteroatoms. The van der Waals surface area contributed by atoms with Gasteiger partial charge < -0.3 is 9.64 Å². The minimum Gasteiger partial charge on any atom is -0.374 e. The van der Waals surface area contributed by atoms with E-state index in [1.807, 2.05) is 35.2 Å². The molecule has 1 saturated carbocycles. The van der Waals surface area contributed by atoms with E-state index in [0.717, 1.165) is 34.7 Å². The van der Waals surface area contributed by atoms with Gasteiger partial charge in [-0.1, -0.05) is 30.3 Å². The Morgan fingerprint density at radius 1 is 1.27 bits per heavy atom. The van der Waals surface area contributed by atoms with Crippen molar-refractivity contribution in [2.75, 3.05) is 13.2 Å². The van der Waals surface area contributed by atoms with Crippen LogP contribution in [0, 0.1) is 0 Å². The third-order valence-electron chi connectivity index (χ3n) is 4.48. The van der Waals surface area contributed by atoms with Crippen LogP contribution < -0.4 is 0 Å². The molecule has 2 aromatic rings. The second-order valence-electron chi connectivity index (χ2n) is 5.80. The summed E-state index contributed by atoms with van der Waals surface area (Å²) in [5.41, 5.74) is 1.06. The van der Waals surface area contributed by atoms with Gasteiger partial charge in [-0.15, -0.1) is 11.3 Å². The molecule has 0 bridgehead atoms. The molecule has 1 aliphatic carbocycles. The third kappa shape index (κ3) is 2.44. The van der Waals surface area contributed by atoms with Crippen molar-refractivity contribution in [1.82, 2.24) is 9.88 Å². The zero-order valence-electron chi connectivity index (χ0n) is 12.3. The van der Waals surface area contributed by atoms with Gasteiger partial charge in [-0.3, -0.25) is 4.79 Å². The third-order valence-corrected chi connectivity index (χ3v) is 5.51. The van der Waals surface area contributed by atoms with Crippen molar-refractivity contribution in [3.8, 4) is 10.6 Å². The predicted molar refractivity (Wildman–Crippen MR) is 86.0 cm³/mol. The first-order chi connectivity index (χ1) is 10.8. The molecule has 0 radical (unpaired) electrons. The molecule has 0 N–H and O–H groups in total. The number of carbonyl (C=O) groups is 1. The number of aromatic nitrogens is 1. The van der Waals surface area contributed by atoms with E-state index in [9.17, 15) is 4.79 Å². The van der Waals surface area contributed by atoms with Gasteiger partial charge in [0.05, 0.1) is 24.9 Å². The summed E-state index contributed by atoms with van der Waals surface area (Å²) in [7, 11) is 0. The highest BCUT2D eigenvalue weighted by Crippen LogP contribution is 2.32. The van der Waals surface area contributed by atoms with Crippen LogP contribution in [0.1, 0.15) is 28.9 Å². The molecule has 4 rings (SSSR count). The molecule has 1 amide bonds. The first kappa shape index (κ1) is 13.9. The highest BCUT2D eigenvalue weighted by atomic mass is 32.1. The summed E-state index contributed by atoms with van der Waals surface area (Å²) in [5.74, 6) is 0.111. The summed E-state index contributed by atoms with van der Waals surface area (Å²) in [5, 5.41) is 0.903. The van der Waals surface area contributed by atoms with Crippen LogP contribution >= 0.6 is 11.3 Å². The number of rotatable bonds is 2. The lowest BCUT2D eigenvalue weighted by Gasteiger charge is -2.37. The molecule has 0 spiro atoms. The topological polar surface area (TPSA) is 42.4 Å². The first-order valence-electron chi connectivity index (χ1n) is 7.77. The SMILES string of the molecule is O=C(c1cnc(-c2ccccc2)s1)N1CCOC2CCCC21. The molecule has 2 fully saturated rings. The van der Waals surface area contributed by atoms with Crippen LogP contribution in [0.25, 0.3) is 10.6 Å². The molecule has 1 aromatic carbocycles. The molecule has 2 heterocycles. The van der Waals surface area contributed by atoms with Gasteiger partial charge in [0.1, 0.15) is 9.88 Å². The summed E-state index contributed by atoms with van der Waals surface area (Å²) >= 11 is 1.48. The zero-order chi connectivity index (χ0) is 14.9. The Kier molecular flexibility index (Phi) is 3.68.